The normalized spacial score (nSPS) is 16.0. The van der Waals surface area contributed by atoms with Crippen molar-refractivity contribution in [2.75, 3.05) is 7.05 Å². The van der Waals surface area contributed by atoms with Crippen LogP contribution in [0.25, 0.3) is 11.4 Å². The lowest BCUT2D eigenvalue weighted by atomic mass is 10.1. The van der Waals surface area contributed by atoms with Crippen LogP contribution in [0.1, 0.15) is 35.9 Å². The summed E-state index contributed by atoms with van der Waals surface area (Å²) in [7, 11) is 1.89. The third-order valence-electron chi connectivity index (χ3n) is 4.76. The first-order valence-corrected chi connectivity index (χ1v) is 9.35. The molecule has 1 aliphatic rings. The van der Waals surface area contributed by atoms with Gasteiger partial charge in [0.1, 0.15) is 0 Å². The maximum absolute atomic E-state index is 12.6. The van der Waals surface area contributed by atoms with E-state index in [4.69, 9.17) is 4.52 Å². The summed E-state index contributed by atoms with van der Waals surface area (Å²) in [6.07, 6.45) is 2.87. The molecule has 0 unspecified atom stereocenters. The first kappa shape index (κ1) is 16.0. The molecule has 0 fully saturated rings. The molecule has 4 rings (SSSR count). The van der Waals surface area contributed by atoms with Crippen LogP contribution < -0.4 is 0 Å². The van der Waals surface area contributed by atoms with E-state index < -0.39 is 0 Å². The number of hydrogen-bond donors (Lipinski definition) is 0. The second-order valence-corrected chi connectivity index (χ2v) is 7.06. The fourth-order valence-electron chi connectivity index (χ4n) is 3.37. The maximum atomic E-state index is 12.6. The number of benzene rings is 1. The molecule has 2 aromatic heterocycles. The molecule has 1 aliphatic carbocycles. The molecule has 1 atom stereocenters. The van der Waals surface area contributed by atoms with Crippen LogP contribution in [-0.4, -0.2) is 28.0 Å². The average Bonchev–Trinajstić information content (AvgIpc) is 3.38. The Bertz CT molecular complexity index is 872. The first-order valence-electron chi connectivity index (χ1n) is 8.41. The van der Waals surface area contributed by atoms with E-state index in [1.807, 2.05) is 34.8 Å². The van der Waals surface area contributed by atoms with Crippen LogP contribution in [-0.2, 0) is 17.6 Å². The third-order valence-corrected chi connectivity index (χ3v) is 5.45. The van der Waals surface area contributed by atoms with Gasteiger partial charge in [0, 0.05) is 30.8 Å². The summed E-state index contributed by atoms with van der Waals surface area (Å²) < 4.78 is 5.27. The molecule has 0 saturated carbocycles. The van der Waals surface area contributed by atoms with E-state index in [2.05, 4.69) is 28.3 Å². The summed E-state index contributed by atoms with van der Waals surface area (Å²) in [5, 5.41) is 7.94. The maximum Gasteiger partial charge on any atom is 0.227 e. The van der Waals surface area contributed by atoms with Gasteiger partial charge in [0.25, 0.3) is 0 Å². The number of carbonyl (C=O) groups is 1. The van der Waals surface area contributed by atoms with Crippen molar-refractivity contribution in [1.82, 2.24) is 15.0 Å². The molecule has 128 valence electrons. The zero-order valence-corrected chi connectivity index (χ0v) is 14.8. The summed E-state index contributed by atoms with van der Waals surface area (Å²) >= 11 is 1.59. The van der Waals surface area contributed by atoms with Gasteiger partial charge < -0.3 is 9.42 Å². The molecule has 3 aromatic rings. The lowest BCUT2D eigenvalue weighted by Crippen LogP contribution is -2.30. The van der Waals surface area contributed by atoms with Crippen LogP contribution in [0.2, 0.25) is 0 Å². The number of carbonyl (C=O) groups excluding carboxylic acids is 1. The topological polar surface area (TPSA) is 59.2 Å². The van der Waals surface area contributed by atoms with Crippen LogP contribution >= 0.6 is 11.3 Å². The molecular formula is C19H19N3O2S. The molecule has 6 heteroatoms. The summed E-state index contributed by atoms with van der Waals surface area (Å²) in [4.78, 5) is 18.8. The van der Waals surface area contributed by atoms with E-state index in [-0.39, 0.29) is 11.9 Å². The highest BCUT2D eigenvalue weighted by Crippen LogP contribution is 2.35. The van der Waals surface area contributed by atoms with Crippen LogP contribution in [0.3, 0.4) is 0 Å². The minimum absolute atomic E-state index is 0.108. The van der Waals surface area contributed by atoms with Crippen molar-refractivity contribution >= 4 is 17.2 Å². The molecule has 1 aromatic carbocycles. The van der Waals surface area contributed by atoms with Gasteiger partial charge in [-0.1, -0.05) is 29.4 Å². The molecule has 25 heavy (non-hydrogen) atoms. The van der Waals surface area contributed by atoms with E-state index in [0.29, 0.717) is 24.6 Å². The Morgan fingerprint density at radius 3 is 3.08 bits per heavy atom. The summed E-state index contributed by atoms with van der Waals surface area (Å²) in [5.41, 5.74) is 3.58. The van der Waals surface area contributed by atoms with E-state index in [0.717, 1.165) is 18.4 Å². The number of hydrogen-bond acceptors (Lipinski definition) is 5. The Hall–Kier alpha value is -2.47. The molecule has 0 spiro atoms. The largest absolute Gasteiger partial charge is 0.339 e. The van der Waals surface area contributed by atoms with E-state index in [1.54, 1.807) is 11.3 Å². The number of aromatic nitrogens is 2. The van der Waals surface area contributed by atoms with Crippen LogP contribution in [0.15, 0.2) is 45.6 Å². The van der Waals surface area contributed by atoms with Crippen molar-refractivity contribution in [2.45, 2.75) is 31.7 Å². The van der Waals surface area contributed by atoms with Crippen molar-refractivity contribution in [2.24, 2.45) is 0 Å². The lowest BCUT2D eigenvalue weighted by molar-refractivity contribution is -0.132. The second-order valence-electron chi connectivity index (χ2n) is 6.28. The molecule has 2 heterocycles. The Kier molecular flexibility index (Phi) is 4.36. The van der Waals surface area contributed by atoms with Crippen LogP contribution in [0.5, 0.6) is 0 Å². The van der Waals surface area contributed by atoms with E-state index in [9.17, 15) is 4.79 Å². The minimum atomic E-state index is 0.108. The van der Waals surface area contributed by atoms with Gasteiger partial charge in [-0.3, -0.25) is 4.79 Å². The van der Waals surface area contributed by atoms with Gasteiger partial charge >= 0.3 is 0 Å². The van der Waals surface area contributed by atoms with Gasteiger partial charge in [-0.2, -0.15) is 16.3 Å². The van der Waals surface area contributed by atoms with E-state index in [1.165, 1.54) is 11.1 Å². The molecular weight excluding hydrogens is 334 g/mol. The van der Waals surface area contributed by atoms with Crippen molar-refractivity contribution in [3.63, 3.8) is 0 Å². The van der Waals surface area contributed by atoms with Crippen molar-refractivity contribution in [1.29, 1.82) is 0 Å². The molecule has 0 N–H and O–H groups in total. The SMILES string of the molecule is CN(C(=O)CCc1nc(-c2ccsc2)no1)[C@@H]1CCc2ccccc21. The van der Waals surface area contributed by atoms with Gasteiger partial charge in [0.15, 0.2) is 0 Å². The smallest absolute Gasteiger partial charge is 0.227 e. The third kappa shape index (κ3) is 3.22. The molecule has 5 nitrogen and oxygen atoms in total. The molecule has 0 saturated heterocycles. The quantitative estimate of drug-likeness (QED) is 0.698. The highest BCUT2D eigenvalue weighted by Gasteiger charge is 2.28. The Balaban J connectivity index is 1.38. The average molecular weight is 353 g/mol. The van der Waals surface area contributed by atoms with Crippen molar-refractivity contribution in [3.05, 3.63) is 58.1 Å². The second kappa shape index (κ2) is 6.80. The molecule has 0 aliphatic heterocycles. The van der Waals surface area contributed by atoms with Gasteiger partial charge in [0.2, 0.25) is 17.6 Å². The number of rotatable bonds is 5. The van der Waals surface area contributed by atoms with E-state index >= 15 is 0 Å². The highest BCUT2D eigenvalue weighted by atomic mass is 32.1. The Morgan fingerprint density at radius 2 is 2.24 bits per heavy atom. The van der Waals surface area contributed by atoms with Gasteiger partial charge in [-0.05, 0) is 35.4 Å². The number of thiophene rings is 1. The van der Waals surface area contributed by atoms with Gasteiger partial charge in [0.05, 0.1) is 6.04 Å². The fraction of sp³-hybridized carbons (Fsp3) is 0.316. The predicted octanol–water partition coefficient (Wildman–Crippen LogP) is 3.88. The van der Waals surface area contributed by atoms with Gasteiger partial charge in [-0.25, -0.2) is 0 Å². The van der Waals surface area contributed by atoms with Crippen LogP contribution in [0, 0.1) is 0 Å². The van der Waals surface area contributed by atoms with Crippen molar-refractivity contribution in [3.8, 4) is 11.4 Å². The Morgan fingerprint density at radius 1 is 1.36 bits per heavy atom. The van der Waals surface area contributed by atoms with Crippen LogP contribution in [0.4, 0.5) is 0 Å². The number of aryl methyl sites for hydroxylation is 2. The zero-order valence-electron chi connectivity index (χ0n) is 14.0. The molecule has 0 radical (unpaired) electrons. The van der Waals surface area contributed by atoms with Gasteiger partial charge in [-0.15, -0.1) is 0 Å². The fourth-order valence-corrected chi connectivity index (χ4v) is 4.00. The number of amides is 1. The minimum Gasteiger partial charge on any atom is -0.339 e. The number of fused-ring (bicyclic) bond motifs is 1. The number of nitrogens with zero attached hydrogens (tertiary/aromatic N) is 3. The highest BCUT2D eigenvalue weighted by molar-refractivity contribution is 7.08. The zero-order chi connectivity index (χ0) is 17.2. The molecule has 0 bridgehead atoms. The summed E-state index contributed by atoms with van der Waals surface area (Å²) in [6, 6.07) is 10.5. The van der Waals surface area contributed by atoms with Crippen molar-refractivity contribution < 1.29 is 9.32 Å². The first-order chi connectivity index (χ1) is 12.2. The predicted molar refractivity (Wildman–Crippen MR) is 96.2 cm³/mol. The Labute approximate surface area is 150 Å². The summed E-state index contributed by atoms with van der Waals surface area (Å²) in [6.45, 7) is 0. The lowest BCUT2D eigenvalue weighted by Gasteiger charge is -2.25. The summed E-state index contributed by atoms with van der Waals surface area (Å²) in [5.74, 6) is 1.20. The monoisotopic (exact) mass is 353 g/mol. The molecule has 1 amide bonds. The standard InChI is InChI=1S/C19H19N3O2S/c1-22(16-7-6-13-4-2-3-5-15(13)16)18(23)9-8-17-20-19(21-24-17)14-10-11-25-12-14/h2-5,10-12,16H,6-9H2,1H3/t16-/m1/s1.